The Labute approximate surface area is 130 Å². The van der Waals surface area contributed by atoms with Crippen LogP contribution in [-0.2, 0) is 6.61 Å². The van der Waals surface area contributed by atoms with Crippen molar-refractivity contribution in [1.29, 1.82) is 5.26 Å². The maximum Gasteiger partial charge on any atom is 0.312 e. The number of hydrogen-bond donors (Lipinski definition) is 0. The molecule has 0 spiro atoms. The van der Waals surface area contributed by atoms with Crippen LogP contribution in [0.1, 0.15) is 11.1 Å². The van der Waals surface area contributed by atoms with Crippen molar-refractivity contribution >= 4 is 28.9 Å². The Hall–Kier alpha value is -2.29. The molecular weight excluding hydrogens is 315 g/mol. The van der Waals surface area contributed by atoms with Crippen LogP contribution in [0.3, 0.4) is 0 Å². The van der Waals surface area contributed by atoms with E-state index in [0.29, 0.717) is 16.1 Å². The van der Waals surface area contributed by atoms with Crippen LogP contribution in [0.15, 0.2) is 36.4 Å². The van der Waals surface area contributed by atoms with E-state index in [2.05, 4.69) is 0 Å². The van der Waals surface area contributed by atoms with E-state index < -0.39 is 4.92 Å². The van der Waals surface area contributed by atoms with E-state index in [0.717, 1.165) is 0 Å². The van der Waals surface area contributed by atoms with E-state index >= 15 is 0 Å². The molecule has 2 aromatic carbocycles. The summed E-state index contributed by atoms with van der Waals surface area (Å²) >= 11 is 11.7. The number of ether oxygens (including phenoxy) is 1. The minimum absolute atomic E-state index is 0.0486. The van der Waals surface area contributed by atoms with E-state index in [1.807, 2.05) is 6.07 Å². The lowest BCUT2D eigenvalue weighted by Crippen LogP contribution is -2.00. The summed E-state index contributed by atoms with van der Waals surface area (Å²) in [6.45, 7) is 0.0486. The monoisotopic (exact) mass is 322 g/mol. The predicted octanol–water partition coefficient (Wildman–Crippen LogP) is 4.35. The first-order valence-corrected chi connectivity index (χ1v) is 6.52. The van der Waals surface area contributed by atoms with E-state index in [1.165, 1.54) is 24.3 Å². The molecule has 5 nitrogen and oxygen atoms in total. The second-order valence-electron chi connectivity index (χ2n) is 4.08. The van der Waals surface area contributed by atoms with Gasteiger partial charge in [-0.2, -0.15) is 5.26 Å². The van der Waals surface area contributed by atoms with Crippen molar-refractivity contribution in [2.24, 2.45) is 0 Å². The number of benzene rings is 2. The van der Waals surface area contributed by atoms with Gasteiger partial charge in [0.25, 0.3) is 0 Å². The molecule has 2 rings (SSSR count). The Bertz CT molecular complexity index is 741. The van der Waals surface area contributed by atoms with Crippen LogP contribution in [0.5, 0.6) is 5.75 Å². The smallest absolute Gasteiger partial charge is 0.312 e. The fourth-order valence-corrected chi connectivity index (χ4v) is 2.05. The topological polar surface area (TPSA) is 76.2 Å². The van der Waals surface area contributed by atoms with Crippen molar-refractivity contribution < 1.29 is 9.66 Å². The molecule has 0 atom stereocenters. The maximum absolute atomic E-state index is 10.9. The van der Waals surface area contributed by atoms with Crippen LogP contribution in [-0.4, -0.2) is 4.92 Å². The third-order valence-electron chi connectivity index (χ3n) is 2.68. The molecule has 106 valence electrons. The first-order valence-electron chi connectivity index (χ1n) is 5.76. The minimum atomic E-state index is -0.568. The number of nitrogens with zero attached hydrogens (tertiary/aromatic N) is 2. The van der Waals surface area contributed by atoms with Gasteiger partial charge in [0.15, 0.2) is 5.75 Å². The lowest BCUT2D eigenvalue weighted by atomic mass is 10.1. The highest BCUT2D eigenvalue weighted by Gasteiger charge is 2.16. The number of nitro groups is 1. The molecule has 0 saturated carbocycles. The molecule has 0 amide bonds. The summed E-state index contributed by atoms with van der Waals surface area (Å²) in [6.07, 6.45) is 0. The highest BCUT2D eigenvalue weighted by Crippen LogP contribution is 2.31. The Balaban J connectivity index is 2.21. The largest absolute Gasteiger partial charge is 0.482 e. The van der Waals surface area contributed by atoms with Crippen molar-refractivity contribution in [3.05, 3.63) is 67.7 Å². The quantitative estimate of drug-likeness (QED) is 0.619. The number of nitro benzene ring substituents is 1. The predicted molar refractivity (Wildman–Crippen MR) is 78.6 cm³/mol. The molecule has 2 aromatic rings. The second kappa shape index (κ2) is 6.44. The van der Waals surface area contributed by atoms with Crippen LogP contribution >= 0.6 is 23.2 Å². The number of nitriles is 1. The van der Waals surface area contributed by atoms with Gasteiger partial charge in [0.1, 0.15) is 6.61 Å². The van der Waals surface area contributed by atoms with E-state index in [4.69, 9.17) is 33.2 Å². The molecule has 0 unspecified atom stereocenters. The Morgan fingerprint density at radius 3 is 2.62 bits per heavy atom. The molecule has 0 aliphatic rings. The van der Waals surface area contributed by atoms with Crippen molar-refractivity contribution in [2.45, 2.75) is 6.61 Å². The standard InChI is InChI=1S/C14H8Cl2N2O3/c15-11-3-4-14(13(6-11)18(19)20)21-8-10-2-1-9(7-17)5-12(10)16/h1-6H,8H2. The van der Waals surface area contributed by atoms with Gasteiger partial charge in [-0.05, 0) is 24.3 Å². The molecule has 0 aromatic heterocycles. The first-order chi connectivity index (χ1) is 10.0. The summed E-state index contributed by atoms with van der Waals surface area (Å²) in [5.74, 6) is 0.102. The average Bonchev–Trinajstić information content (AvgIpc) is 2.46. The summed E-state index contributed by atoms with van der Waals surface area (Å²) in [4.78, 5) is 10.4. The van der Waals surface area contributed by atoms with Crippen molar-refractivity contribution in [1.82, 2.24) is 0 Å². The molecular formula is C14H8Cl2N2O3. The van der Waals surface area contributed by atoms with E-state index in [-0.39, 0.29) is 23.1 Å². The fraction of sp³-hybridized carbons (Fsp3) is 0.0714. The average molecular weight is 323 g/mol. The van der Waals surface area contributed by atoms with Crippen molar-refractivity contribution in [3.63, 3.8) is 0 Å². The van der Waals surface area contributed by atoms with Gasteiger partial charge in [-0.1, -0.05) is 29.3 Å². The van der Waals surface area contributed by atoms with E-state index in [9.17, 15) is 10.1 Å². The summed E-state index contributed by atoms with van der Waals surface area (Å²) in [5.41, 5.74) is 0.841. The highest BCUT2D eigenvalue weighted by atomic mass is 35.5. The third-order valence-corrected chi connectivity index (χ3v) is 3.27. The van der Waals surface area contributed by atoms with Crippen LogP contribution < -0.4 is 4.74 Å². The summed E-state index contributed by atoms with van der Waals surface area (Å²) < 4.78 is 5.43. The van der Waals surface area contributed by atoms with Crippen molar-refractivity contribution in [2.75, 3.05) is 0 Å². The van der Waals surface area contributed by atoms with Gasteiger partial charge < -0.3 is 4.74 Å². The number of halogens is 2. The van der Waals surface area contributed by atoms with Gasteiger partial charge in [-0.15, -0.1) is 0 Å². The Kier molecular flexibility index (Phi) is 4.63. The SMILES string of the molecule is N#Cc1ccc(COc2ccc(Cl)cc2[N+](=O)[O-])c(Cl)c1. The zero-order valence-electron chi connectivity index (χ0n) is 10.5. The molecule has 0 aliphatic heterocycles. The Morgan fingerprint density at radius 1 is 1.24 bits per heavy atom. The van der Waals surface area contributed by atoms with Crippen LogP contribution in [0, 0.1) is 21.4 Å². The summed E-state index contributed by atoms with van der Waals surface area (Å²) in [5, 5.41) is 20.3. The van der Waals surface area contributed by atoms with Crippen LogP contribution in [0.2, 0.25) is 10.0 Å². The first kappa shape index (κ1) is 15.1. The van der Waals surface area contributed by atoms with Crippen LogP contribution in [0.4, 0.5) is 5.69 Å². The minimum Gasteiger partial charge on any atom is -0.482 e. The van der Waals surface area contributed by atoms with Crippen molar-refractivity contribution in [3.8, 4) is 11.8 Å². The summed E-state index contributed by atoms with van der Waals surface area (Å²) in [7, 11) is 0. The molecule has 0 N–H and O–H groups in total. The number of hydrogen-bond acceptors (Lipinski definition) is 4. The molecule has 7 heteroatoms. The van der Waals surface area contributed by atoms with Crippen LogP contribution in [0.25, 0.3) is 0 Å². The lowest BCUT2D eigenvalue weighted by Gasteiger charge is -2.08. The lowest BCUT2D eigenvalue weighted by molar-refractivity contribution is -0.385. The van der Waals surface area contributed by atoms with Gasteiger partial charge in [0.2, 0.25) is 0 Å². The molecule has 0 radical (unpaired) electrons. The van der Waals surface area contributed by atoms with Gasteiger partial charge in [-0.25, -0.2) is 0 Å². The van der Waals surface area contributed by atoms with E-state index in [1.54, 1.807) is 12.1 Å². The molecule has 21 heavy (non-hydrogen) atoms. The van der Waals surface area contributed by atoms with Gasteiger partial charge in [0.05, 0.1) is 16.6 Å². The molecule has 0 bridgehead atoms. The fourth-order valence-electron chi connectivity index (χ4n) is 1.64. The highest BCUT2D eigenvalue weighted by molar-refractivity contribution is 6.31. The number of rotatable bonds is 4. The zero-order valence-corrected chi connectivity index (χ0v) is 12.1. The van der Waals surface area contributed by atoms with Gasteiger partial charge in [-0.3, -0.25) is 10.1 Å². The Morgan fingerprint density at radius 2 is 2.00 bits per heavy atom. The summed E-state index contributed by atoms with van der Waals surface area (Å²) in [6, 6.07) is 10.9. The molecule has 0 saturated heterocycles. The van der Waals surface area contributed by atoms with Gasteiger partial charge in [0, 0.05) is 21.7 Å². The normalized spacial score (nSPS) is 9.95. The maximum atomic E-state index is 10.9. The zero-order chi connectivity index (χ0) is 15.4. The molecule has 0 aliphatic carbocycles. The second-order valence-corrected chi connectivity index (χ2v) is 4.92. The molecule has 0 fully saturated rings. The van der Waals surface area contributed by atoms with Gasteiger partial charge >= 0.3 is 5.69 Å². The third kappa shape index (κ3) is 3.63. The molecule has 0 heterocycles.